The molecule has 0 spiro atoms. The summed E-state index contributed by atoms with van der Waals surface area (Å²) in [5, 5.41) is 9.98. The molecule has 0 aliphatic rings. The lowest BCUT2D eigenvalue weighted by atomic mass is 9.96. The highest BCUT2D eigenvalue weighted by atomic mass is 15.1. The Morgan fingerprint density at radius 1 is 0.0833 bits per heavy atom. The molecule has 0 unspecified atom stereocenters. The Bertz CT molecular complexity index is 7040. The molecule has 0 amide bonds. The molecule has 0 saturated carbocycles. The monoisotopic (exact) mass is 1530 g/mol. The van der Waals surface area contributed by atoms with E-state index < -0.39 is 0 Å². The summed E-state index contributed by atoms with van der Waals surface area (Å²) in [7, 11) is 0. The topological polar surface area (TPSA) is 6.48 Å². The molecular formula is C118H82N2. The highest BCUT2D eigenvalue weighted by Gasteiger charge is 2.19. The molecule has 0 aliphatic carbocycles. The van der Waals surface area contributed by atoms with E-state index in [1.807, 2.05) is 0 Å². The maximum absolute atomic E-state index is 2.35. The van der Waals surface area contributed by atoms with Gasteiger partial charge in [0.1, 0.15) is 0 Å². The van der Waals surface area contributed by atoms with Crippen molar-refractivity contribution in [1.82, 2.24) is 0 Å². The van der Waals surface area contributed by atoms with E-state index in [-0.39, 0.29) is 0 Å². The molecule has 0 radical (unpaired) electrons. The summed E-state index contributed by atoms with van der Waals surface area (Å²) in [4.78, 5) is 4.70. The fraction of sp³-hybridized carbons (Fsp3) is 0. The second kappa shape index (κ2) is 33.2. The highest BCUT2D eigenvalue weighted by Crippen LogP contribution is 2.43. The molecule has 0 atom stereocenters. The van der Waals surface area contributed by atoms with Crippen LogP contribution in [0.4, 0.5) is 34.1 Å². The van der Waals surface area contributed by atoms with Crippen LogP contribution in [0, 0.1) is 0 Å². The smallest absolute Gasteiger partial charge is 0.0462 e. The van der Waals surface area contributed by atoms with Gasteiger partial charge in [0.25, 0.3) is 0 Å². The van der Waals surface area contributed by atoms with E-state index in [1.165, 1.54) is 165 Å². The van der Waals surface area contributed by atoms with Gasteiger partial charge < -0.3 is 9.80 Å². The van der Waals surface area contributed by atoms with E-state index in [0.717, 1.165) is 34.1 Å². The van der Waals surface area contributed by atoms with E-state index in [0.29, 0.717) is 0 Å². The second-order valence-electron chi connectivity index (χ2n) is 30.8. The molecule has 0 N–H and O–H groups in total. The minimum atomic E-state index is 1.09. The quantitative estimate of drug-likeness (QED) is 0.0896. The Hall–Kier alpha value is -15.7. The number of hydrogen-bond acceptors (Lipinski definition) is 2. The molecule has 2 heteroatoms. The van der Waals surface area contributed by atoms with Crippen molar-refractivity contribution >= 4 is 77.2 Å². The lowest BCUT2D eigenvalue weighted by Gasteiger charge is -2.26. The molecule has 21 aromatic rings. The van der Waals surface area contributed by atoms with Crippen molar-refractivity contribution in [2.24, 2.45) is 0 Å². The van der Waals surface area contributed by atoms with Crippen LogP contribution in [0.3, 0.4) is 0 Å². The number of fused-ring (bicyclic) bond motifs is 4. The largest absolute Gasteiger partial charge is 0.311 e. The molecule has 0 saturated heterocycles. The van der Waals surface area contributed by atoms with E-state index in [9.17, 15) is 0 Å². The normalized spacial score (nSPS) is 11.2. The summed E-state index contributed by atoms with van der Waals surface area (Å²) in [5.41, 5.74) is 33.2. The lowest BCUT2D eigenvalue weighted by molar-refractivity contribution is 1.28. The van der Waals surface area contributed by atoms with Crippen LogP contribution in [-0.4, -0.2) is 0 Å². The van der Waals surface area contributed by atoms with Gasteiger partial charge in [0.05, 0.1) is 0 Å². The van der Waals surface area contributed by atoms with Crippen LogP contribution in [0.15, 0.2) is 497 Å². The molecular weight excluding hydrogens is 1450 g/mol. The fourth-order valence-electron chi connectivity index (χ4n) is 16.8. The van der Waals surface area contributed by atoms with Crippen molar-refractivity contribution < 1.29 is 0 Å². The zero-order chi connectivity index (χ0) is 79.9. The zero-order valence-corrected chi connectivity index (χ0v) is 66.2. The van der Waals surface area contributed by atoms with Crippen molar-refractivity contribution in [3.05, 3.63) is 497 Å². The predicted molar refractivity (Wildman–Crippen MR) is 512 cm³/mol. The molecule has 564 valence electrons. The van der Waals surface area contributed by atoms with Gasteiger partial charge in [-0.25, -0.2) is 0 Å². The first-order valence-electron chi connectivity index (χ1n) is 41.2. The molecule has 21 aromatic carbocycles. The molecule has 120 heavy (non-hydrogen) atoms. The number of benzene rings is 21. The number of nitrogens with zero attached hydrogens (tertiary/aromatic N) is 2. The van der Waals surface area contributed by atoms with Gasteiger partial charge in [-0.1, -0.05) is 376 Å². The molecule has 0 bridgehead atoms. The van der Waals surface area contributed by atoms with Crippen molar-refractivity contribution in [2.75, 3.05) is 9.80 Å². The fourth-order valence-corrected chi connectivity index (χ4v) is 16.8. The van der Waals surface area contributed by atoms with Gasteiger partial charge in [-0.05, 0) is 287 Å². The van der Waals surface area contributed by atoms with E-state index >= 15 is 0 Å². The van der Waals surface area contributed by atoms with Gasteiger partial charge in [0.2, 0.25) is 0 Å². The van der Waals surface area contributed by atoms with Gasteiger partial charge in [-0.15, -0.1) is 0 Å². The molecule has 21 rings (SSSR count). The standard InChI is InChI=1S/C62H43N.C56H39N/c1-3-11-44(12-4-1)51-17-9-19-53(39-51)47-27-33-60(34-28-47)63(61-35-29-48(30-36-61)54-20-10-18-52(40-54)45-13-5-2-6-14-45)62-37-31-49(32-38-62)55-23-24-58-43-59(26-25-57(58)42-55)56-22-21-46-15-7-8-16-50(46)41-56;1-3-9-40(10-4-1)43-15-17-44(18-16-43)46-27-33-55(34-28-46)57(54-31-25-45(26-32-54)41-11-5-2-6-12-41)56-35-29-47(30-36-56)49-21-22-52-39-53(24-23-51(52)38-49)50-20-19-42-13-7-8-14-48(42)37-50/h1-43H;1-39H. The summed E-state index contributed by atoms with van der Waals surface area (Å²) in [6.45, 7) is 0. The first kappa shape index (κ1) is 73.2. The van der Waals surface area contributed by atoms with E-state index in [1.54, 1.807) is 0 Å². The Morgan fingerprint density at radius 2 is 0.217 bits per heavy atom. The summed E-state index contributed by atoms with van der Waals surface area (Å²) in [6, 6.07) is 180. The minimum Gasteiger partial charge on any atom is -0.311 e. The minimum absolute atomic E-state index is 1.09. The van der Waals surface area contributed by atoms with Crippen molar-refractivity contribution in [2.45, 2.75) is 0 Å². The van der Waals surface area contributed by atoms with Crippen molar-refractivity contribution in [3.63, 3.8) is 0 Å². The van der Waals surface area contributed by atoms with Crippen LogP contribution >= 0.6 is 0 Å². The van der Waals surface area contributed by atoms with E-state index in [2.05, 4.69) is 507 Å². The SMILES string of the molecule is c1ccc(-c2ccc(-c3ccc(N(c4ccc(-c5ccccc5)cc4)c4ccc(-c5ccc6cc(-c7ccc8ccccc8c7)ccc6c5)cc4)cc3)cc2)cc1.c1ccc(-c2cccc(-c3ccc(N(c4ccc(-c5cccc(-c6ccccc6)c5)cc4)c4ccc(-c5ccc6cc(-c7ccc8ccccc8c7)ccc6c5)cc4)cc3)c2)cc1. The van der Waals surface area contributed by atoms with Crippen LogP contribution < -0.4 is 9.80 Å². The summed E-state index contributed by atoms with van der Waals surface area (Å²) < 4.78 is 0. The average molecular weight is 1530 g/mol. The predicted octanol–water partition coefficient (Wildman–Crippen LogP) is 33.3. The molecule has 0 fully saturated rings. The van der Waals surface area contributed by atoms with Gasteiger partial charge in [-0.3, -0.25) is 0 Å². The first-order valence-corrected chi connectivity index (χ1v) is 41.2. The van der Waals surface area contributed by atoms with Gasteiger partial charge >= 0.3 is 0 Å². The average Bonchev–Trinajstić information content (AvgIpc) is 0.793. The number of rotatable bonds is 17. The molecule has 0 aliphatic heterocycles. The van der Waals surface area contributed by atoms with Crippen LogP contribution in [-0.2, 0) is 0 Å². The van der Waals surface area contributed by atoms with Crippen LogP contribution in [0.5, 0.6) is 0 Å². The highest BCUT2D eigenvalue weighted by molar-refractivity contribution is 5.97. The number of anilines is 6. The third kappa shape index (κ3) is 15.7. The lowest BCUT2D eigenvalue weighted by Crippen LogP contribution is -2.09. The Kier molecular flexibility index (Phi) is 20.3. The summed E-state index contributed by atoms with van der Waals surface area (Å²) in [5.74, 6) is 0. The Morgan fingerprint density at radius 3 is 0.450 bits per heavy atom. The second-order valence-corrected chi connectivity index (χ2v) is 30.8. The zero-order valence-electron chi connectivity index (χ0n) is 66.2. The van der Waals surface area contributed by atoms with Crippen LogP contribution in [0.2, 0.25) is 0 Å². The maximum atomic E-state index is 2.35. The van der Waals surface area contributed by atoms with Crippen LogP contribution in [0.1, 0.15) is 0 Å². The van der Waals surface area contributed by atoms with Gasteiger partial charge in [-0.2, -0.15) is 0 Å². The third-order valence-electron chi connectivity index (χ3n) is 23.3. The molecule has 2 nitrogen and oxygen atoms in total. The summed E-state index contributed by atoms with van der Waals surface area (Å²) >= 11 is 0. The van der Waals surface area contributed by atoms with Gasteiger partial charge in [0, 0.05) is 34.1 Å². The van der Waals surface area contributed by atoms with Crippen molar-refractivity contribution in [1.29, 1.82) is 0 Å². The molecule has 0 heterocycles. The first-order chi connectivity index (χ1) is 59.4. The van der Waals surface area contributed by atoms with Crippen molar-refractivity contribution in [3.8, 4) is 122 Å². The van der Waals surface area contributed by atoms with E-state index in [4.69, 9.17) is 0 Å². The van der Waals surface area contributed by atoms with Gasteiger partial charge in [0.15, 0.2) is 0 Å². The maximum Gasteiger partial charge on any atom is 0.0462 e. The number of hydrogen-bond donors (Lipinski definition) is 0. The molecule has 0 aromatic heterocycles. The van der Waals surface area contributed by atoms with Crippen LogP contribution in [0.25, 0.3) is 165 Å². The summed E-state index contributed by atoms with van der Waals surface area (Å²) in [6.07, 6.45) is 0. The Labute approximate surface area is 702 Å². The Balaban J connectivity index is 0.000000154. The third-order valence-corrected chi connectivity index (χ3v) is 23.3.